The molecule has 0 aliphatic rings. The Bertz CT molecular complexity index is 1110. The normalized spacial score (nSPS) is 11.0. The van der Waals surface area contributed by atoms with Crippen LogP contribution in [0, 0.1) is 6.92 Å². The predicted octanol–water partition coefficient (Wildman–Crippen LogP) is 3.26. The molecular formula is C18H13N3O3. The summed E-state index contributed by atoms with van der Waals surface area (Å²) in [5, 5.41) is 14.9. The number of hydrogen-bond acceptors (Lipinski definition) is 5. The van der Waals surface area contributed by atoms with E-state index >= 15 is 0 Å². The summed E-state index contributed by atoms with van der Waals surface area (Å²) in [6.45, 7) is 1.96. The van der Waals surface area contributed by atoms with E-state index in [1.165, 1.54) is 0 Å². The standard InChI is InChI=1S/C18H13N3O3/c1-10-5-4-6-11(9-10)16-20-18(24-21-16)14-15(22)12-7-2-3-8-13(12)19-17(14)23/h2-9H,1H3,(H2,19,22,23). The number of aromatic hydroxyl groups is 1. The number of para-hydroxylation sites is 1. The number of nitrogens with zero attached hydrogens (tertiary/aromatic N) is 2. The van der Waals surface area contributed by atoms with Crippen LogP contribution in [0.25, 0.3) is 33.7 Å². The van der Waals surface area contributed by atoms with Crippen LogP contribution < -0.4 is 5.56 Å². The summed E-state index contributed by atoms with van der Waals surface area (Å²) < 4.78 is 5.21. The molecule has 0 atom stereocenters. The molecule has 0 fully saturated rings. The Morgan fingerprint density at radius 1 is 1.12 bits per heavy atom. The molecule has 118 valence electrons. The van der Waals surface area contributed by atoms with Crippen molar-refractivity contribution in [3.63, 3.8) is 0 Å². The number of aromatic amines is 1. The van der Waals surface area contributed by atoms with Gasteiger partial charge in [0.2, 0.25) is 5.82 Å². The molecule has 6 nitrogen and oxygen atoms in total. The van der Waals surface area contributed by atoms with Crippen molar-refractivity contribution in [1.82, 2.24) is 15.1 Å². The summed E-state index contributed by atoms with van der Waals surface area (Å²) in [6, 6.07) is 14.6. The van der Waals surface area contributed by atoms with Gasteiger partial charge in [-0.3, -0.25) is 4.79 Å². The van der Waals surface area contributed by atoms with Gasteiger partial charge in [0.05, 0.1) is 5.52 Å². The van der Waals surface area contributed by atoms with E-state index in [-0.39, 0.29) is 17.2 Å². The summed E-state index contributed by atoms with van der Waals surface area (Å²) in [5.74, 6) is 0.172. The van der Waals surface area contributed by atoms with Gasteiger partial charge in [-0.15, -0.1) is 0 Å². The van der Waals surface area contributed by atoms with Crippen molar-refractivity contribution in [3.8, 4) is 28.6 Å². The third-order valence-corrected chi connectivity index (χ3v) is 3.81. The summed E-state index contributed by atoms with van der Waals surface area (Å²) in [6.07, 6.45) is 0. The van der Waals surface area contributed by atoms with E-state index in [1.54, 1.807) is 24.3 Å². The van der Waals surface area contributed by atoms with Gasteiger partial charge in [0.1, 0.15) is 11.3 Å². The van der Waals surface area contributed by atoms with Gasteiger partial charge in [0.15, 0.2) is 0 Å². The first kappa shape index (κ1) is 14.2. The van der Waals surface area contributed by atoms with Crippen LogP contribution in [0.15, 0.2) is 57.8 Å². The SMILES string of the molecule is Cc1cccc(-c2noc(-c3c(O)c4ccccc4[nH]c3=O)n2)c1. The van der Waals surface area contributed by atoms with E-state index in [1.807, 2.05) is 31.2 Å². The zero-order valence-electron chi connectivity index (χ0n) is 12.8. The van der Waals surface area contributed by atoms with Crippen molar-refractivity contribution < 1.29 is 9.63 Å². The molecule has 0 radical (unpaired) electrons. The Morgan fingerprint density at radius 2 is 1.96 bits per heavy atom. The molecule has 4 aromatic rings. The molecule has 0 aliphatic heterocycles. The van der Waals surface area contributed by atoms with Gasteiger partial charge in [0.25, 0.3) is 11.4 Å². The van der Waals surface area contributed by atoms with E-state index in [9.17, 15) is 9.90 Å². The lowest BCUT2D eigenvalue weighted by atomic mass is 10.1. The molecule has 2 N–H and O–H groups in total. The van der Waals surface area contributed by atoms with Gasteiger partial charge in [-0.05, 0) is 25.1 Å². The molecule has 24 heavy (non-hydrogen) atoms. The number of aryl methyl sites for hydroxylation is 1. The Labute approximate surface area is 136 Å². The number of pyridine rings is 1. The molecular weight excluding hydrogens is 306 g/mol. The molecule has 0 bridgehead atoms. The maximum atomic E-state index is 12.3. The van der Waals surface area contributed by atoms with Crippen LogP contribution in [0.3, 0.4) is 0 Å². The van der Waals surface area contributed by atoms with Gasteiger partial charge in [-0.25, -0.2) is 0 Å². The molecule has 0 amide bonds. The molecule has 2 aromatic heterocycles. The highest BCUT2D eigenvalue weighted by molar-refractivity contribution is 5.90. The van der Waals surface area contributed by atoms with Crippen molar-refractivity contribution in [3.05, 3.63) is 64.4 Å². The Balaban J connectivity index is 1.89. The molecule has 0 saturated heterocycles. The molecule has 4 rings (SSSR count). The van der Waals surface area contributed by atoms with Gasteiger partial charge in [-0.1, -0.05) is 41.1 Å². The highest BCUT2D eigenvalue weighted by Crippen LogP contribution is 2.31. The number of rotatable bonds is 2. The molecule has 0 aliphatic carbocycles. The molecule has 0 saturated carbocycles. The fourth-order valence-electron chi connectivity index (χ4n) is 2.65. The second kappa shape index (κ2) is 5.34. The number of H-pyrrole nitrogens is 1. The second-order valence-electron chi connectivity index (χ2n) is 5.52. The van der Waals surface area contributed by atoms with Gasteiger partial charge in [-0.2, -0.15) is 4.98 Å². The number of aromatic nitrogens is 3. The highest BCUT2D eigenvalue weighted by Gasteiger charge is 2.20. The zero-order valence-corrected chi connectivity index (χ0v) is 12.8. The number of nitrogens with one attached hydrogen (secondary N) is 1. The smallest absolute Gasteiger partial charge is 0.267 e. The maximum Gasteiger partial charge on any atom is 0.267 e. The van der Waals surface area contributed by atoms with Crippen molar-refractivity contribution in [2.24, 2.45) is 0 Å². The average Bonchev–Trinajstić information content (AvgIpc) is 3.04. The van der Waals surface area contributed by atoms with E-state index in [2.05, 4.69) is 15.1 Å². The first-order valence-corrected chi connectivity index (χ1v) is 7.38. The third kappa shape index (κ3) is 2.25. The number of fused-ring (bicyclic) bond motifs is 1. The van der Waals surface area contributed by atoms with Crippen molar-refractivity contribution in [1.29, 1.82) is 0 Å². The minimum absolute atomic E-state index is 0.0176. The lowest BCUT2D eigenvalue weighted by Gasteiger charge is -2.03. The molecule has 2 heterocycles. The van der Waals surface area contributed by atoms with Crippen LogP contribution in [0.5, 0.6) is 5.75 Å². The van der Waals surface area contributed by atoms with Gasteiger partial charge in [0, 0.05) is 10.9 Å². The topological polar surface area (TPSA) is 92.0 Å². The van der Waals surface area contributed by atoms with E-state index in [0.29, 0.717) is 16.7 Å². The summed E-state index contributed by atoms with van der Waals surface area (Å²) >= 11 is 0. The van der Waals surface area contributed by atoms with Crippen molar-refractivity contribution in [2.75, 3.05) is 0 Å². The van der Waals surface area contributed by atoms with Crippen LogP contribution in [-0.4, -0.2) is 20.2 Å². The van der Waals surface area contributed by atoms with Crippen LogP contribution in [0.4, 0.5) is 0 Å². The minimum Gasteiger partial charge on any atom is -0.506 e. The number of hydrogen-bond donors (Lipinski definition) is 2. The summed E-state index contributed by atoms with van der Waals surface area (Å²) in [7, 11) is 0. The van der Waals surface area contributed by atoms with Crippen LogP contribution in [0.2, 0.25) is 0 Å². The van der Waals surface area contributed by atoms with E-state index in [0.717, 1.165) is 11.1 Å². The van der Waals surface area contributed by atoms with Crippen LogP contribution in [-0.2, 0) is 0 Å². The lowest BCUT2D eigenvalue weighted by molar-refractivity contribution is 0.426. The van der Waals surface area contributed by atoms with Crippen LogP contribution in [0.1, 0.15) is 5.56 Å². The Morgan fingerprint density at radius 3 is 2.79 bits per heavy atom. The average molecular weight is 319 g/mol. The fourth-order valence-corrected chi connectivity index (χ4v) is 2.65. The number of benzene rings is 2. The Kier molecular flexibility index (Phi) is 3.16. The monoisotopic (exact) mass is 319 g/mol. The maximum absolute atomic E-state index is 12.3. The van der Waals surface area contributed by atoms with Gasteiger partial charge < -0.3 is 14.6 Å². The van der Waals surface area contributed by atoms with Gasteiger partial charge >= 0.3 is 0 Å². The Hall–Kier alpha value is -3.41. The molecule has 2 aromatic carbocycles. The molecule has 6 heteroatoms. The van der Waals surface area contributed by atoms with E-state index < -0.39 is 5.56 Å². The second-order valence-corrected chi connectivity index (χ2v) is 5.52. The lowest BCUT2D eigenvalue weighted by Crippen LogP contribution is -2.09. The fraction of sp³-hybridized carbons (Fsp3) is 0.0556. The van der Waals surface area contributed by atoms with Crippen molar-refractivity contribution >= 4 is 10.9 Å². The quantitative estimate of drug-likeness (QED) is 0.591. The molecule has 0 spiro atoms. The largest absolute Gasteiger partial charge is 0.506 e. The van der Waals surface area contributed by atoms with E-state index in [4.69, 9.17) is 4.52 Å². The summed E-state index contributed by atoms with van der Waals surface area (Å²) in [4.78, 5) is 19.3. The highest BCUT2D eigenvalue weighted by atomic mass is 16.5. The molecule has 0 unspecified atom stereocenters. The minimum atomic E-state index is -0.481. The third-order valence-electron chi connectivity index (χ3n) is 3.81. The first-order chi connectivity index (χ1) is 11.6. The predicted molar refractivity (Wildman–Crippen MR) is 89.7 cm³/mol. The summed E-state index contributed by atoms with van der Waals surface area (Å²) in [5.41, 5.74) is 1.87. The zero-order chi connectivity index (χ0) is 16.7. The van der Waals surface area contributed by atoms with Crippen molar-refractivity contribution in [2.45, 2.75) is 6.92 Å². The first-order valence-electron chi connectivity index (χ1n) is 7.38. The van der Waals surface area contributed by atoms with Crippen LogP contribution >= 0.6 is 0 Å².